The number of hydrogen-bond acceptors (Lipinski definition) is 0. The summed E-state index contributed by atoms with van der Waals surface area (Å²) < 4.78 is 1.67. The molecular formula is C20H27Cl3SiTi. The van der Waals surface area contributed by atoms with E-state index in [0.29, 0.717) is 0 Å². The maximum atomic E-state index is 2.67. The number of allylic oxidation sites excluding steroid dienone is 4. The Morgan fingerprint density at radius 3 is 2.16 bits per heavy atom. The molecule has 2 aliphatic carbocycles. The van der Waals surface area contributed by atoms with Crippen LogP contribution in [0.25, 0.3) is 0 Å². The van der Waals surface area contributed by atoms with Gasteiger partial charge in [-0.15, -0.1) is 0 Å². The molecule has 136 valence electrons. The molecule has 3 rings (SSSR count). The Morgan fingerprint density at radius 2 is 1.60 bits per heavy atom. The van der Waals surface area contributed by atoms with Gasteiger partial charge in [0, 0.05) is 0 Å². The van der Waals surface area contributed by atoms with Crippen molar-refractivity contribution in [3.8, 4) is 0 Å². The van der Waals surface area contributed by atoms with E-state index in [2.05, 4.69) is 70.3 Å². The topological polar surface area (TPSA) is 0 Å². The van der Waals surface area contributed by atoms with Crippen LogP contribution in [0.1, 0.15) is 51.9 Å². The smallest absolute Gasteiger partial charge is 1.00 e. The molecular weight excluding hydrogens is 423 g/mol. The molecule has 1 unspecified atom stereocenters. The zero-order valence-electron chi connectivity index (χ0n) is 15.1. The van der Waals surface area contributed by atoms with Gasteiger partial charge in [0.2, 0.25) is 0 Å². The average Bonchev–Trinajstić information content (AvgIpc) is 2.97. The summed E-state index contributed by atoms with van der Waals surface area (Å²) in [5, 5.41) is 3.48. The molecule has 1 aromatic carbocycles. The van der Waals surface area contributed by atoms with Gasteiger partial charge in [0.05, 0.1) is 0 Å². The molecule has 0 N–H and O–H groups in total. The van der Waals surface area contributed by atoms with E-state index in [1.807, 2.05) is 5.20 Å². The van der Waals surface area contributed by atoms with E-state index in [-0.39, 0.29) is 37.2 Å². The van der Waals surface area contributed by atoms with Gasteiger partial charge in [0.15, 0.2) is 0 Å². The van der Waals surface area contributed by atoms with Gasteiger partial charge >= 0.3 is 149 Å². The second-order valence-corrected chi connectivity index (χ2v) is 12.3. The molecule has 0 aliphatic heterocycles. The first-order valence-electron chi connectivity index (χ1n) is 8.88. The summed E-state index contributed by atoms with van der Waals surface area (Å²) in [5.74, 6) is 0. The van der Waals surface area contributed by atoms with Crippen LogP contribution >= 0.6 is 0 Å². The number of benzene rings is 1. The molecule has 25 heavy (non-hydrogen) atoms. The molecule has 0 saturated heterocycles. The van der Waals surface area contributed by atoms with Crippen LogP contribution in [0.2, 0.25) is 12.1 Å². The van der Waals surface area contributed by atoms with E-state index < -0.39 is 8.07 Å². The zero-order valence-corrected chi connectivity index (χ0v) is 20.0. The van der Waals surface area contributed by atoms with E-state index >= 15 is 0 Å². The van der Waals surface area contributed by atoms with Crippen LogP contribution < -0.4 is 42.4 Å². The molecule has 1 aromatic rings. The molecule has 0 nitrogen and oxygen atoms in total. The van der Waals surface area contributed by atoms with Gasteiger partial charge < -0.3 is 37.2 Å². The minimum absolute atomic E-state index is 0. The summed E-state index contributed by atoms with van der Waals surface area (Å²) >= 11 is 2.39. The van der Waals surface area contributed by atoms with Crippen molar-refractivity contribution < 1.29 is 57.7 Å². The first-order valence-corrected chi connectivity index (χ1v) is 12.2. The van der Waals surface area contributed by atoms with Gasteiger partial charge in [-0.1, -0.05) is 0 Å². The SMILES string of the molecule is CCC1=CC[C]([Ti+3])=C1[Si](C)(c1ccccc1)C1CCCCC1.[Cl-].[Cl-].[Cl-]. The molecule has 0 bridgehead atoms. The molecule has 0 spiro atoms. The predicted molar refractivity (Wildman–Crippen MR) is 94.5 cm³/mol. The summed E-state index contributed by atoms with van der Waals surface area (Å²) in [6.07, 6.45) is 12.1. The van der Waals surface area contributed by atoms with Crippen LogP contribution in [-0.2, 0) is 20.4 Å². The molecule has 5 heteroatoms. The fourth-order valence-electron chi connectivity index (χ4n) is 4.64. The van der Waals surface area contributed by atoms with Crippen LogP contribution in [0.15, 0.2) is 51.1 Å². The van der Waals surface area contributed by atoms with Crippen molar-refractivity contribution in [3.63, 3.8) is 0 Å². The van der Waals surface area contributed by atoms with Crippen molar-refractivity contribution in [3.05, 3.63) is 51.1 Å². The Bertz CT molecular complexity index is 594. The Labute approximate surface area is 185 Å². The maximum Gasteiger partial charge on any atom is -1.00 e. The Balaban J connectivity index is 0.00000192. The molecule has 0 aromatic heterocycles. The third kappa shape index (κ3) is 5.06. The predicted octanol–water partition coefficient (Wildman–Crippen LogP) is -3.60. The van der Waals surface area contributed by atoms with Crippen LogP contribution in [0, 0.1) is 0 Å². The maximum absolute atomic E-state index is 2.67. The molecule has 0 amide bonds. The van der Waals surface area contributed by atoms with Gasteiger partial charge in [-0.25, -0.2) is 0 Å². The quantitative estimate of drug-likeness (QED) is 0.417. The van der Waals surface area contributed by atoms with Crippen LogP contribution in [0.5, 0.6) is 0 Å². The third-order valence-corrected chi connectivity index (χ3v) is 12.4. The van der Waals surface area contributed by atoms with E-state index in [0.717, 1.165) is 5.54 Å². The molecule has 0 radical (unpaired) electrons. The minimum atomic E-state index is -1.63. The summed E-state index contributed by atoms with van der Waals surface area (Å²) in [5.41, 5.74) is 2.60. The van der Waals surface area contributed by atoms with Crippen molar-refractivity contribution in [1.82, 2.24) is 0 Å². The van der Waals surface area contributed by atoms with Crippen molar-refractivity contribution in [2.75, 3.05) is 0 Å². The summed E-state index contributed by atoms with van der Waals surface area (Å²) in [7, 11) is -1.63. The first kappa shape index (κ1) is 25.5. The monoisotopic (exact) mass is 448 g/mol. The van der Waals surface area contributed by atoms with Crippen LogP contribution in [-0.4, -0.2) is 8.07 Å². The normalized spacial score (nSPS) is 19.9. The van der Waals surface area contributed by atoms with E-state index in [9.17, 15) is 0 Å². The molecule has 2 aliphatic rings. The second kappa shape index (κ2) is 11.4. The summed E-state index contributed by atoms with van der Waals surface area (Å²) in [6, 6.07) is 11.5. The standard InChI is InChI=1S/C20H27Si.3ClH.Ti/c1-3-17-11-10-16-20(17)21(2,18-12-6-4-7-13-18)19-14-8-5-9-15-19;;;;/h4,6-7,11-13,19H,3,5,8-10,14-15H2,1-2H3;3*1H;/q;;;;+3/p-3. The van der Waals surface area contributed by atoms with E-state index in [4.69, 9.17) is 0 Å². The van der Waals surface area contributed by atoms with E-state index in [1.165, 1.54) is 44.9 Å². The number of halogens is 3. The summed E-state index contributed by atoms with van der Waals surface area (Å²) in [6.45, 7) is 5.01. The van der Waals surface area contributed by atoms with Crippen molar-refractivity contribution in [2.24, 2.45) is 0 Å². The minimum Gasteiger partial charge on any atom is -1.00 e. The Hall–Kier alpha value is 0.501. The first-order chi connectivity index (χ1) is 10.7. The van der Waals surface area contributed by atoms with Gasteiger partial charge in [-0.05, 0) is 0 Å². The van der Waals surface area contributed by atoms with Crippen molar-refractivity contribution in [2.45, 2.75) is 64.0 Å². The van der Waals surface area contributed by atoms with Crippen molar-refractivity contribution >= 4 is 13.3 Å². The Morgan fingerprint density at radius 1 is 1.00 bits per heavy atom. The number of hydrogen-bond donors (Lipinski definition) is 0. The second-order valence-electron chi connectivity index (χ2n) is 7.04. The molecule has 1 fully saturated rings. The van der Waals surface area contributed by atoms with Gasteiger partial charge in [-0.3, -0.25) is 0 Å². The van der Waals surface area contributed by atoms with Crippen molar-refractivity contribution in [1.29, 1.82) is 0 Å². The van der Waals surface area contributed by atoms with Gasteiger partial charge in [-0.2, -0.15) is 0 Å². The summed E-state index contributed by atoms with van der Waals surface area (Å²) in [4.78, 5) is 0. The van der Waals surface area contributed by atoms with Gasteiger partial charge in [0.25, 0.3) is 0 Å². The molecule has 1 saturated carbocycles. The van der Waals surface area contributed by atoms with Gasteiger partial charge in [0.1, 0.15) is 0 Å². The number of rotatable bonds is 4. The fourth-order valence-corrected chi connectivity index (χ4v) is 11.6. The fraction of sp³-hybridized carbons (Fsp3) is 0.500. The third-order valence-electron chi connectivity index (χ3n) is 5.87. The average molecular weight is 450 g/mol. The van der Waals surface area contributed by atoms with Crippen LogP contribution in [0.3, 0.4) is 0 Å². The zero-order chi connectivity index (χ0) is 15.6. The van der Waals surface area contributed by atoms with E-state index in [1.54, 1.807) is 14.6 Å². The molecule has 1 atom stereocenters. The Kier molecular flexibility index (Phi) is 11.6. The van der Waals surface area contributed by atoms with Crippen LogP contribution in [0.4, 0.5) is 0 Å². The molecule has 0 heterocycles. The largest absolute Gasteiger partial charge is 1.00 e.